The summed E-state index contributed by atoms with van der Waals surface area (Å²) in [5, 5.41) is 24.3. The highest BCUT2D eigenvalue weighted by Gasteiger charge is 2.25. The maximum Gasteiger partial charge on any atom is 0.333 e. The normalized spacial score (nSPS) is 10.2. The number of hydrogen-bond acceptors (Lipinski definition) is 6. The summed E-state index contributed by atoms with van der Waals surface area (Å²) >= 11 is 0.745. The largest absolute Gasteiger partial charge is 0.341 e. The Balaban J connectivity index is 2.38. The van der Waals surface area contributed by atoms with E-state index >= 15 is 0 Å². The Morgan fingerprint density at radius 1 is 1.16 bits per heavy atom. The number of nitrogens with zero attached hydrogens (tertiary/aromatic N) is 2. The van der Waals surface area contributed by atoms with Crippen molar-refractivity contribution in [1.82, 2.24) is 0 Å². The van der Waals surface area contributed by atoms with Gasteiger partial charge in [0.15, 0.2) is 5.00 Å². The molecule has 1 aromatic heterocycles. The van der Waals surface area contributed by atoms with E-state index in [1.54, 1.807) is 18.2 Å². The summed E-state index contributed by atoms with van der Waals surface area (Å²) in [6.07, 6.45) is 0. The first-order valence-electron chi connectivity index (χ1n) is 5.23. The van der Waals surface area contributed by atoms with E-state index in [1.165, 1.54) is 0 Å². The van der Waals surface area contributed by atoms with Gasteiger partial charge in [-0.05, 0) is 36.0 Å². The molecule has 7 nitrogen and oxygen atoms in total. The first kappa shape index (κ1) is 13.0. The lowest BCUT2D eigenvalue weighted by Gasteiger charge is -2.03. The van der Waals surface area contributed by atoms with Crippen LogP contribution in [0.25, 0.3) is 0 Å². The van der Waals surface area contributed by atoms with E-state index in [1.807, 2.05) is 13.0 Å². The Kier molecular flexibility index (Phi) is 3.43. The Morgan fingerprint density at radius 3 is 2.47 bits per heavy atom. The zero-order chi connectivity index (χ0) is 14.0. The molecule has 0 aliphatic heterocycles. The molecule has 98 valence electrons. The molecule has 0 amide bonds. The van der Waals surface area contributed by atoms with E-state index in [9.17, 15) is 20.2 Å². The highest BCUT2D eigenvalue weighted by atomic mass is 32.1. The van der Waals surface area contributed by atoms with Gasteiger partial charge in [0.05, 0.1) is 9.85 Å². The van der Waals surface area contributed by atoms with Crippen molar-refractivity contribution in [2.45, 2.75) is 6.92 Å². The van der Waals surface area contributed by atoms with Crippen molar-refractivity contribution in [2.75, 3.05) is 5.32 Å². The van der Waals surface area contributed by atoms with Crippen LogP contribution in [0.5, 0.6) is 0 Å². The number of nitrogens with one attached hydrogen (secondary N) is 1. The number of hydrogen-bond donors (Lipinski definition) is 1. The molecular formula is C11H9N3O4S. The van der Waals surface area contributed by atoms with Crippen molar-refractivity contribution in [3.05, 3.63) is 56.1 Å². The van der Waals surface area contributed by atoms with Gasteiger partial charge in [0.25, 0.3) is 0 Å². The fourth-order valence-electron chi connectivity index (χ4n) is 1.54. The molecule has 19 heavy (non-hydrogen) atoms. The first-order valence-corrected chi connectivity index (χ1v) is 6.05. The van der Waals surface area contributed by atoms with Crippen molar-refractivity contribution in [2.24, 2.45) is 0 Å². The smallest absolute Gasteiger partial charge is 0.333 e. The quantitative estimate of drug-likeness (QED) is 0.680. The minimum atomic E-state index is -0.640. The molecule has 2 rings (SSSR count). The molecule has 1 aromatic carbocycles. The van der Waals surface area contributed by atoms with Gasteiger partial charge in [-0.25, -0.2) is 0 Å². The summed E-state index contributed by atoms with van der Waals surface area (Å²) in [6.45, 7) is 1.89. The fraction of sp³-hybridized carbons (Fsp3) is 0.0909. The Bertz CT molecular complexity index is 653. The standard InChI is InChI=1S/C11H9N3O4S/c1-7-3-2-4-8(5-7)12-11-9(13(15)16)6-10(19-11)14(17)18/h2-6,12H,1H3. The molecule has 8 heteroatoms. The monoisotopic (exact) mass is 279 g/mol. The first-order chi connectivity index (χ1) is 8.97. The average Bonchev–Trinajstić information content (AvgIpc) is 2.73. The SMILES string of the molecule is Cc1cccc(Nc2sc([N+](=O)[O-])cc2[N+](=O)[O-])c1. The van der Waals surface area contributed by atoms with Crippen molar-refractivity contribution < 1.29 is 9.85 Å². The van der Waals surface area contributed by atoms with Crippen LogP contribution in [-0.2, 0) is 0 Å². The van der Waals surface area contributed by atoms with Crippen LogP contribution < -0.4 is 5.32 Å². The zero-order valence-electron chi connectivity index (χ0n) is 9.82. The summed E-state index contributed by atoms with van der Waals surface area (Å²) in [5.74, 6) is 0. The van der Waals surface area contributed by atoms with Crippen molar-refractivity contribution in [3.63, 3.8) is 0 Å². The Labute approximate surface area is 111 Å². The molecule has 0 atom stereocenters. The predicted octanol–water partition coefficient (Wildman–Crippen LogP) is 3.62. The lowest BCUT2D eigenvalue weighted by Crippen LogP contribution is -1.93. The molecule has 0 saturated heterocycles. The van der Waals surface area contributed by atoms with Gasteiger partial charge in [-0.15, -0.1) is 0 Å². The second-order valence-electron chi connectivity index (χ2n) is 3.81. The van der Waals surface area contributed by atoms with Crippen LogP contribution in [0.1, 0.15) is 5.56 Å². The van der Waals surface area contributed by atoms with Crippen molar-refractivity contribution >= 4 is 32.7 Å². The molecule has 0 bridgehead atoms. The van der Waals surface area contributed by atoms with Gasteiger partial charge in [0, 0.05) is 5.69 Å². The molecule has 0 fully saturated rings. The van der Waals surface area contributed by atoms with Crippen LogP contribution in [0, 0.1) is 27.2 Å². The maximum absolute atomic E-state index is 10.9. The van der Waals surface area contributed by atoms with Gasteiger partial charge in [-0.1, -0.05) is 12.1 Å². The lowest BCUT2D eigenvalue weighted by molar-refractivity contribution is -0.389. The van der Waals surface area contributed by atoms with E-state index in [2.05, 4.69) is 5.32 Å². The molecule has 2 aromatic rings. The number of benzene rings is 1. The molecule has 0 aliphatic rings. The van der Waals surface area contributed by atoms with Crippen LogP contribution in [0.4, 0.5) is 21.4 Å². The molecule has 0 spiro atoms. The third kappa shape index (κ3) is 2.86. The summed E-state index contributed by atoms with van der Waals surface area (Å²) < 4.78 is 0. The van der Waals surface area contributed by atoms with Gasteiger partial charge in [0.2, 0.25) is 0 Å². The van der Waals surface area contributed by atoms with E-state index < -0.39 is 9.85 Å². The predicted molar refractivity (Wildman–Crippen MR) is 72.1 cm³/mol. The third-order valence-electron chi connectivity index (χ3n) is 2.35. The average molecular weight is 279 g/mol. The number of thiophene rings is 1. The van der Waals surface area contributed by atoms with Gasteiger partial charge in [-0.2, -0.15) is 0 Å². The molecular weight excluding hydrogens is 270 g/mol. The summed E-state index contributed by atoms with van der Waals surface area (Å²) in [7, 11) is 0. The maximum atomic E-state index is 10.9. The van der Waals surface area contributed by atoms with Crippen LogP contribution in [-0.4, -0.2) is 9.85 Å². The molecule has 0 aliphatic carbocycles. The third-order valence-corrected chi connectivity index (χ3v) is 3.34. The summed E-state index contributed by atoms with van der Waals surface area (Å²) in [6, 6.07) is 8.18. The minimum Gasteiger partial charge on any atom is -0.341 e. The highest BCUT2D eigenvalue weighted by molar-refractivity contribution is 7.19. The summed E-state index contributed by atoms with van der Waals surface area (Å²) in [5.41, 5.74) is 1.34. The van der Waals surface area contributed by atoms with Gasteiger partial charge in [0.1, 0.15) is 6.07 Å². The second kappa shape index (κ2) is 5.02. The second-order valence-corrected chi connectivity index (χ2v) is 4.84. The van der Waals surface area contributed by atoms with Crippen molar-refractivity contribution in [1.29, 1.82) is 0 Å². The minimum absolute atomic E-state index is 0.155. The molecule has 0 radical (unpaired) electrons. The fourth-order valence-corrected chi connectivity index (χ4v) is 2.40. The molecule has 0 unspecified atom stereocenters. The molecule has 1 heterocycles. The number of aryl methyl sites for hydroxylation is 1. The van der Waals surface area contributed by atoms with Gasteiger partial charge in [-0.3, -0.25) is 20.2 Å². The molecule has 1 N–H and O–H groups in total. The van der Waals surface area contributed by atoms with E-state index in [0.717, 1.165) is 23.0 Å². The Hall–Kier alpha value is -2.48. The van der Waals surface area contributed by atoms with Crippen LogP contribution >= 0.6 is 11.3 Å². The van der Waals surface area contributed by atoms with Crippen LogP contribution in [0.15, 0.2) is 30.3 Å². The zero-order valence-corrected chi connectivity index (χ0v) is 10.6. The highest BCUT2D eigenvalue weighted by Crippen LogP contribution is 2.40. The topological polar surface area (TPSA) is 98.3 Å². The van der Waals surface area contributed by atoms with E-state index in [-0.39, 0.29) is 15.7 Å². The van der Waals surface area contributed by atoms with E-state index in [0.29, 0.717) is 5.69 Å². The number of nitro groups is 2. The summed E-state index contributed by atoms with van der Waals surface area (Å²) in [4.78, 5) is 20.2. The molecule has 0 saturated carbocycles. The Morgan fingerprint density at radius 2 is 1.89 bits per heavy atom. The van der Waals surface area contributed by atoms with Crippen LogP contribution in [0.3, 0.4) is 0 Å². The van der Waals surface area contributed by atoms with E-state index in [4.69, 9.17) is 0 Å². The van der Waals surface area contributed by atoms with Crippen LogP contribution in [0.2, 0.25) is 0 Å². The number of rotatable bonds is 4. The van der Waals surface area contributed by atoms with Crippen molar-refractivity contribution in [3.8, 4) is 0 Å². The lowest BCUT2D eigenvalue weighted by atomic mass is 10.2. The van der Waals surface area contributed by atoms with Gasteiger partial charge >= 0.3 is 10.7 Å². The van der Waals surface area contributed by atoms with Gasteiger partial charge < -0.3 is 5.32 Å². The number of anilines is 2.